The van der Waals surface area contributed by atoms with Gasteiger partial charge in [-0.3, -0.25) is 9.59 Å². The third-order valence-corrected chi connectivity index (χ3v) is 12.1. The molecular weight excluding hydrogens is 1070 g/mol. The van der Waals surface area contributed by atoms with Crippen LogP contribution in [0.3, 0.4) is 0 Å². The number of nitrogens with one attached hydrogen (secondary N) is 2. The van der Waals surface area contributed by atoms with Crippen molar-refractivity contribution in [2.45, 2.75) is 48.8 Å². The molecule has 0 aromatic heterocycles. The molecule has 2 heterocycles. The summed E-state index contributed by atoms with van der Waals surface area (Å²) >= 11 is 20.4. The molecule has 0 bridgehead atoms. The quantitative estimate of drug-likeness (QED) is 0.177. The minimum absolute atomic E-state index is 0.0140. The molecule has 5 atom stereocenters. The SMILES string of the molecule is COC1=C(Br)[C@@H](O)[C@]2(C=C1Br)CC(C(=O)NC[C@H](O)c1cc(Br)c(OCCCNC(=O)C3=NO[C@]4(C=C(Br)C(OC)=C(Br)[C@@H]4O)C3)c(Br)c1)=NO2. The topological polar surface area (TPSA) is 190 Å². The maximum absolute atomic E-state index is 12.9. The molecule has 5 N–H and O–H groups in total. The van der Waals surface area contributed by atoms with Gasteiger partial charge in [-0.15, -0.1) is 0 Å². The summed E-state index contributed by atoms with van der Waals surface area (Å²) < 4.78 is 19.4. The average Bonchev–Trinajstić information content (AvgIpc) is 3.72. The smallest absolute Gasteiger partial charge is 0.269 e. The predicted octanol–water partition coefficient (Wildman–Crippen LogP) is 5.09. The van der Waals surface area contributed by atoms with Gasteiger partial charge in [0, 0.05) is 25.9 Å². The van der Waals surface area contributed by atoms with Crippen LogP contribution >= 0.6 is 95.6 Å². The molecule has 51 heavy (non-hydrogen) atoms. The van der Waals surface area contributed by atoms with E-state index in [0.717, 1.165) is 0 Å². The second kappa shape index (κ2) is 16.7. The van der Waals surface area contributed by atoms with Gasteiger partial charge in [0.05, 0.1) is 53.8 Å². The summed E-state index contributed by atoms with van der Waals surface area (Å²) in [6.45, 7) is 0.400. The number of benzene rings is 1. The number of carbonyl (C=O) groups excluding carboxylic acids is 2. The number of rotatable bonds is 12. The Morgan fingerprint density at radius 2 is 1.33 bits per heavy atom. The number of amides is 2. The van der Waals surface area contributed by atoms with Gasteiger partial charge in [0.25, 0.3) is 11.8 Å². The molecule has 0 fully saturated rings. The van der Waals surface area contributed by atoms with Crippen molar-refractivity contribution >= 4 is 119 Å². The molecule has 2 aliphatic carbocycles. The lowest BCUT2D eigenvalue weighted by Crippen LogP contribution is -2.45. The van der Waals surface area contributed by atoms with Crippen molar-refractivity contribution in [2.24, 2.45) is 10.3 Å². The first-order valence-electron chi connectivity index (χ1n) is 15.0. The Morgan fingerprint density at radius 3 is 1.80 bits per heavy atom. The lowest BCUT2D eigenvalue weighted by Gasteiger charge is -2.33. The Balaban J connectivity index is 1.06. The number of halogens is 6. The zero-order valence-electron chi connectivity index (χ0n) is 26.6. The highest BCUT2D eigenvalue weighted by Crippen LogP contribution is 2.45. The number of oxime groups is 2. The van der Waals surface area contributed by atoms with E-state index in [2.05, 4.69) is 117 Å². The Labute approximate surface area is 342 Å². The average molecular weight is 1100 g/mol. The van der Waals surface area contributed by atoms with Crippen molar-refractivity contribution in [1.29, 1.82) is 0 Å². The molecule has 4 aliphatic rings. The molecular formula is C31H30Br6N4O10. The first kappa shape index (κ1) is 40.4. The molecule has 2 amide bonds. The van der Waals surface area contributed by atoms with E-state index in [9.17, 15) is 24.9 Å². The van der Waals surface area contributed by atoms with Crippen molar-refractivity contribution in [2.75, 3.05) is 33.9 Å². The van der Waals surface area contributed by atoms with E-state index in [1.165, 1.54) is 14.2 Å². The van der Waals surface area contributed by atoms with Gasteiger partial charge in [-0.1, -0.05) is 10.3 Å². The normalized spacial score (nSPS) is 26.2. The molecule has 0 radical (unpaired) electrons. The van der Waals surface area contributed by atoms with E-state index >= 15 is 0 Å². The molecule has 1 aromatic carbocycles. The summed E-state index contributed by atoms with van der Waals surface area (Å²) in [7, 11) is 2.94. The molecule has 0 saturated carbocycles. The highest BCUT2D eigenvalue weighted by molar-refractivity contribution is 9.12. The second-order valence-corrected chi connectivity index (χ2v) is 16.7. The predicted molar refractivity (Wildman–Crippen MR) is 207 cm³/mol. The van der Waals surface area contributed by atoms with Gasteiger partial charge < -0.3 is 49.8 Å². The Hall–Kier alpha value is -1.78. The molecule has 0 unspecified atom stereocenters. The van der Waals surface area contributed by atoms with E-state index in [1.54, 1.807) is 24.3 Å². The van der Waals surface area contributed by atoms with Gasteiger partial charge in [0.2, 0.25) is 0 Å². The van der Waals surface area contributed by atoms with Crippen molar-refractivity contribution in [3.05, 3.63) is 68.2 Å². The second-order valence-electron chi connectivity index (χ2n) is 11.6. The molecule has 14 nitrogen and oxygen atoms in total. The number of hydrogen-bond donors (Lipinski definition) is 5. The van der Waals surface area contributed by atoms with E-state index < -0.39 is 41.3 Å². The molecule has 2 aliphatic heterocycles. The van der Waals surface area contributed by atoms with Gasteiger partial charge in [-0.2, -0.15) is 0 Å². The fourth-order valence-corrected chi connectivity index (χ4v) is 10.5. The number of allylic oxidation sites excluding steroid dienone is 2. The van der Waals surface area contributed by atoms with Crippen LogP contribution in [0.15, 0.2) is 73.0 Å². The monoisotopic (exact) mass is 1090 g/mol. The zero-order chi connectivity index (χ0) is 37.2. The van der Waals surface area contributed by atoms with E-state index in [-0.39, 0.29) is 44.0 Å². The van der Waals surface area contributed by atoms with Crippen LogP contribution in [0.25, 0.3) is 0 Å². The van der Waals surface area contributed by atoms with Gasteiger partial charge in [-0.25, -0.2) is 0 Å². The summed E-state index contributed by atoms with van der Waals surface area (Å²) in [4.78, 5) is 36.8. The Bertz CT molecular complexity index is 1780. The van der Waals surface area contributed by atoms with Crippen molar-refractivity contribution in [1.82, 2.24) is 10.6 Å². The van der Waals surface area contributed by atoms with Crippen LogP contribution in [0.4, 0.5) is 0 Å². The van der Waals surface area contributed by atoms with Crippen LogP contribution in [0.2, 0.25) is 0 Å². The van der Waals surface area contributed by atoms with Crippen LogP contribution in [0, 0.1) is 0 Å². The van der Waals surface area contributed by atoms with E-state index in [4.69, 9.17) is 23.9 Å². The standard InChI is InChI=1S/C31H30Br6N4O10/c1-47-24-16(34)8-30(26(43)21(24)36)10-18(40-50-30)28(45)38-4-3-5-49-23-14(32)6-13(7-15(23)33)20(42)12-39-29(46)19-11-31(51-41-19)9-17(35)25(48-2)22(37)27(31)44/h6-9,20,26-27,42-44H,3-5,10-12H2,1-2H3,(H,38,45)(H,39,46)/t20-,26-,27+,30+,31-/m0/s1. The summed E-state index contributed by atoms with van der Waals surface area (Å²) in [6.07, 6.45) is 0.350. The summed E-state index contributed by atoms with van der Waals surface area (Å²) in [5.41, 5.74) is -1.87. The molecule has 2 spiro atoms. The molecule has 5 rings (SSSR count). The van der Waals surface area contributed by atoms with Crippen molar-refractivity contribution in [3.8, 4) is 5.75 Å². The maximum atomic E-state index is 12.9. The zero-order valence-corrected chi connectivity index (χ0v) is 36.2. The first-order valence-corrected chi connectivity index (χ1v) is 19.8. The number of carbonyl (C=O) groups is 2. The van der Waals surface area contributed by atoms with Gasteiger partial charge in [-0.05, 0) is 132 Å². The molecule has 276 valence electrons. The Kier molecular flexibility index (Phi) is 13.2. The lowest BCUT2D eigenvalue weighted by atomic mass is 9.87. The van der Waals surface area contributed by atoms with Gasteiger partial charge in [0.15, 0.2) is 11.2 Å². The largest absolute Gasteiger partial charge is 0.495 e. The third-order valence-electron chi connectivity index (χ3n) is 8.20. The van der Waals surface area contributed by atoms with E-state index in [0.29, 0.717) is 56.1 Å². The third kappa shape index (κ3) is 8.33. The number of methoxy groups -OCH3 is 2. The fraction of sp³-hybridized carbons (Fsp3) is 0.419. The van der Waals surface area contributed by atoms with Gasteiger partial charge >= 0.3 is 0 Å². The number of aliphatic hydroxyl groups excluding tert-OH is 3. The van der Waals surface area contributed by atoms with Crippen LogP contribution in [-0.4, -0.2) is 95.9 Å². The number of hydrogen-bond acceptors (Lipinski definition) is 12. The Morgan fingerprint density at radius 1 is 0.863 bits per heavy atom. The van der Waals surface area contributed by atoms with Crippen LogP contribution in [0.1, 0.15) is 30.9 Å². The minimum atomic E-state index is -1.30. The summed E-state index contributed by atoms with van der Waals surface area (Å²) in [6, 6.07) is 3.34. The first-order chi connectivity index (χ1) is 24.2. The van der Waals surface area contributed by atoms with Crippen LogP contribution < -0.4 is 15.4 Å². The fourth-order valence-electron chi connectivity index (χ4n) is 5.51. The van der Waals surface area contributed by atoms with Crippen LogP contribution in [-0.2, 0) is 28.7 Å². The van der Waals surface area contributed by atoms with Crippen molar-refractivity contribution in [3.63, 3.8) is 0 Å². The molecule has 20 heteroatoms. The number of ether oxygens (including phenoxy) is 3. The van der Waals surface area contributed by atoms with Crippen molar-refractivity contribution < 1.29 is 48.8 Å². The maximum Gasteiger partial charge on any atom is 0.269 e. The number of aliphatic hydroxyl groups is 3. The summed E-state index contributed by atoms with van der Waals surface area (Å²) in [5.74, 6) is 0.324. The highest BCUT2D eigenvalue weighted by atomic mass is 79.9. The summed E-state index contributed by atoms with van der Waals surface area (Å²) in [5, 5.41) is 45.8. The minimum Gasteiger partial charge on any atom is -0.495 e. The highest BCUT2D eigenvalue weighted by Gasteiger charge is 2.52. The number of nitrogens with zero attached hydrogens (tertiary/aromatic N) is 2. The van der Waals surface area contributed by atoms with Gasteiger partial charge in [0.1, 0.15) is 40.9 Å². The molecule has 0 saturated heterocycles. The lowest BCUT2D eigenvalue weighted by molar-refractivity contribution is -0.116. The van der Waals surface area contributed by atoms with Crippen LogP contribution in [0.5, 0.6) is 5.75 Å². The molecule has 1 aromatic rings. The van der Waals surface area contributed by atoms with E-state index in [1.807, 2.05) is 0 Å².